The lowest BCUT2D eigenvalue weighted by atomic mass is 9.81. The van der Waals surface area contributed by atoms with Crippen LogP contribution in [0.25, 0.3) is 0 Å². The van der Waals surface area contributed by atoms with Crippen molar-refractivity contribution in [2.75, 3.05) is 19.0 Å². The molecule has 106 valence electrons. The monoisotopic (exact) mass is 286 g/mol. The zero-order chi connectivity index (χ0) is 14.5. The number of nitrogens with one attached hydrogen (secondary N) is 1. The van der Waals surface area contributed by atoms with E-state index in [1.165, 1.54) is 13.2 Å². The van der Waals surface area contributed by atoms with E-state index < -0.39 is 5.41 Å². The molecule has 0 unspecified atom stereocenters. The summed E-state index contributed by atoms with van der Waals surface area (Å²) in [5.74, 6) is 0.208. The predicted octanol–water partition coefficient (Wildman–Crippen LogP) is 1.84. The van der Waals surface area contributed by atoms with Gasteiger partial charge in [-0.1, -0.05) is 25.4 Å². The average molecular weight is 287 g/mol. The Morgan fingerprint density at radius 3 is 2.58 bits per heavy atom. The first-order valence-corrected chi connectivity index (χ1v) is 6.49. The second kappa shape index (κ2) is 6.68. The summed E-state index contributed by atoms with van der Waals surface area (Å²) in [6.45, 7) is 4.12. The van der Waals surface area contributed by atoms with Gasteiger partial charge in [0, 0.05) is 12.6 Å². The summed E-state index contributed by atoms with van der Waals surface area (Å²) in [4.78, 5) is 20.2. The molecule has 0 spiro atoms. The number of nitrogens with two attached hydrogens (primary N) is 1. The molecule has 1 aromatic heterocycles. The van der Waals surface area contributed by atoms with Crippen LogP contribution < -0.4 is 15.8 Å². The number of hydrogen-bond acceptors (Lipinski definition) is 5. The second-order valence-electron chi connectivity index (χ2n) is 4.20. The maximum atomic E-state index is 12.3. The SMILES string of the molecule is CCC(CC)(CN)C(=O)Nc1nc(Cl)cc(OC)n1. The van der Waals surface area contributed by atoms with Gasteiger partial charge < -0.3 is 10.5 Å². The molecule has 0 aromatic carbocycles. The third kappa shape index (κ3) is 3.54. The molecule has 19 heavy (non-hydrogen) atoms. The van der Waals surface area contributed by atoms with Crippen LogP contribution in [0.15, 0.2) is 6.07 Å². The van der Waals surface area contributed by atoms with Crippen LogP contribution in [0.1, 0.15) is 26.7 Å². The molecule has 0 aliphatic carbocycles. The molecule has 7 heteroatoms. The number of carbonyl (C=O) groups excluding carboxylic acids is 1. The van der Waals surface area contributed by atoms with E-state index in [4.69, 9.17) is 22.1 Å². The summed E-state index contributed by atoms with van der Waals surface area (Å²) < 4.78 is 4.97. The third-order valence-corrected chi connectivity index (χ3v) is 3.53. The van der Waals surface area contributed by atoms with Gasteiger partial charge in [0.15, 0.2) is 0 Å². The Hall–Kier alpha value is -1.40. The van der Waals surface area contributed by atoms with E-state index >= 15 is 0 Å². The number of carbonyl (C=O) groups is 1. The van der Waals surface area contributed by atoms with Crippen molar-refractivity contribution < 1.29 is 9.53 Å². The smallest absolute Gasteiger partial charge is 0.234 e. The normalized spacial score (nSPS) is 11.2. The molecule has 1 amide bonds. The number of hydrogen-bond donors (Lipinski definition) is 2. The van der Waals surface area contributed by atoms with Gasteiger partial charge in [-0.05, 0) is 12.8 Å². The predicted molar refractivity (Wildman–Crippen MR) is 74.3 cm³/mol. The average Bonchev–Trinajstić information content (AvgIpc) is 2.40. The Bertz CT molecular complexity index is 441. The Morgan fingerprint density at radius 2 is 2.11 bits per heavy atom. The molecule has 6 nitrogen and oxygen atoms in total. The van der Waals surface area contributed by atoms with Gasteiger partial charge >= 0.3 is 0 Å². The molecule has 0 fully saturated rings. The van der Waals surface area contributed by atoms with Crippen LogP contribution in [-0.2, 0) is 4.79 Å². The number of ether oxygens (including phenoxy) is 1. The van der Waals surface area contributed by atoms with Gasteiger partial charge in [-0.2, -0.15) is 4.98 Å². The number of amides is 1. The van der Waals surface area contributed by atoms with Crippen LogP contribution in [0, 0.1) is 5.41 Å². The molecular weight excluding hydrogens is 268 g/mol. The molecule has 3 N–H and O–H groups in total. The summed E-state index contributed by atoms with van der Waals surface area (Å²) >= 11 is 5.82. The summed E-state index contributed by atoms with van der Waals surface area (Å²) in [5.41, 5.74) is 5.10. The molecule has 1 rings (SSSR count). The van der Waals surface area contributed by atoms with Crippen LogP contribution >= 0.6 is 11.6 Å². The van der Waals surface area contributed by atoms with Gasteiger partial charge in [0.25, 0.3) is 0 Å². The second-order valence-corrected chi connectivity index (χ2v) is 4.59. The molecule has 1 heterocycles. The highest BCUT2D eigenvalue weighted by atomic mass is 35.5. The van der Waals surface area contributed by atoms with Gasteiger partial charge in [0.1, 0.15) is 5.15 Å². The summed E-state index contributed by atoms with van der Waals surface area (Å²) in [6, 6.07) is 1.47. The maximum Gasteiger partial charge on any atom is 0.234 e. The van der Waals surface area contributed by atoms with E-state index in [0.717, 1.165) is 0 Å². The van der Waals surface area contributed by atoms with Crippen molar-refractivity contribution in [3.63, 3.8) is 0 Å². The number of methoxy groups -OCH3 is 1. The van der Waals surface area contributed by atoms with Gasteiger partial charge in [0.05, 0.1) is 12.5 Å². The van der Waals surface area contributed by atoms with Gasteiger partial charge in [-0.25, -0.2) is 4.98 Å². The fourth-order valence-corrected chi connectivity index (χ4v) is 1.92. The topological polar surface area (TPSA) is 90.1 Å². The fraction of sp³-hybridized carbons (Fsp3) is 0.583. The number of halogens is 1. The van der Waals surface area contributed by atoms with E-state index in [-0.39, 0.29) is 23.6 Å². The van der Waals surface area contributed by atoms with Crippen molar-refractivity contribution in [1.82, 2.24) is 9.97 Å². The van der Waals surface area contributed by atoms with Crippen LogP contribution in [0.2, 0.25) is 5.15 Å². The maximum absolute atomic E-state index is 12.3. The van der Waals surface area contributed by atoms with E-state index in [1.807, 2.05) is 13.8 Å². The third-order valence-electron chi connectivity index (χ3n) is 3.33. The van der Waals surface area contributed by atoms with E-state index in [1.54, 1.807) is 0 Å². The number of nitrogens with zero attached hydrogens (tertiary/aromatic N) is 2. The van der Waals surface area contributed by atoms with Gasteiger partial charge in [-0.15, -0.1) is 0 Å². The Balaban J connectivity index is 2.95. The molecule has 0 saturated carbocycles. The van der Waals surface area contributed by atoms with E-state index in [9.17, 15) is 4.79 Å². The Labute approximate surface area is 117 Å². The van der Waals surface area contributed by atoms with Crippen molar-refractivity contribution in [3.05, 3.63) is 11.2 Å². The minimum atomic E-state index is -0.612. The van der Waals surface area contributed by atoms with Gasteiger partial charge in [-0.3, -0.25) is 10.1 Å². The molecule has 0 aliphatic rings. The van der Waals surface area contributed by atoms with E-state index in [0.29, 0.717) is 18.7 Å². The minimum absolute atomic E-state index is 0.120. The van der Waals surface area contributed by atoms with Crippen LogP contribution in [0.5, 0.6) is 5.88 Å². The molecule has 0 bridgehead atoms. The first kappa shape index (κ1) is 15.7. The highest BCUT2D eigenvalue weighted by molar-refractivity contribution is 6.29. The zero-order valence-electron chi connectivity index (χ0n) is 11.4. The first-order chi connectivity index (χ1) is 9.01. The Kier molecular flexibility index (Phi) is 5.50. The molecular formula is C12H19ClN4O2. The van der Waals surface area contributed by atoms with E-state index in [2.05, 4.69) is 15.3 Å². The van der Waals surface area contributed by atoms with Crippen LogP contribution in [0.3, 0.4) is 0 Å². The lowest BCUT2D eigenvalue weighted by Crippen LogP contribution is -2.41. The Morgan fingerprint density at radius 1 is 1.47 bits per heavy atom. The highest BCUT2D eigenvalue weighted by Crippen LogP contribution is 2.27. The summed E-state index contributed by atoms with van der Waals surface area (Å²) in [5, 5.41) is 2.85. The van der Waals surface area contributed by atoms with Crippen molar-refractivity contribution in [2.24, 2.45) is 11.1 Å². The fourth-order valence-electron chi connectivity index (χ4n) is 1.74. The number of anilines is 1. The van der Waals surface area contributed by atoms with Crippen LogP contribution in [-0.4, -0.2) is 29.5 Å². The quantitative estimate of drug-likeness (QED) is 0.779. The molecule has 0 aliphatic heterocycles. The highest BCUT2D eigenvalue weighted by Gasteiger charge is 2.33. The standard InChI is InChI=1S/C12H19ClN4O2/c1-4-12(5-2,7-14)10(18)17-11-15-8(13)6-9(16-11)19-3/h6H,4-5,7,14H2,1-3H3,(H,15,16,17,18). The zero-order valence-corrected chi connectivity index (χ0v) is 12.1. The van der Waals surface area contributed by atoms with Crippen LogP contribution in [0.4, 0.5) is 5.95 Å². The number of aromatic nitrogens is 2. The lowest BCUT2D eigenvalue weighted by Gasteiger charge is -2.27. The summed E-state index contributed by atoms with van der Waals surface area (Å²) in [7, 11) is 1.46. The lowest BCUT2D eigenvalue weighted by molar-refractivity contribution is -0.125. The molecule has 0 atom stereocenters. The van der Waals surface area contributed by atoms with Crippen molar-refractivity contribution in [1.29, 1.82) is 0 Å². The first-order valence-electron chi connectivity index (χ1n) is 6.11. The molecule has 0 radical (unpaired) electrons. The van der Waals surface area contributed by atoms with Crippen molar-refractivity contribution in [3.8, 4) is 5.88 Å². The largest absolute Gasteiger partial charge is 0.481 e. The van der Waals surface area contributed by atoms with Gasteiger partial charge in [0.2, 0.25) is 17.7 Å². The number of rotatable bonds is 6. The summed E-state index contributed by atoms with van der Waals surface area (Å²) in [6.07, 6.45) is 1.28. The minimum Gasteiger partial charge on any atom is -0.481 e. The molecule has 0 saturated heterocycles. The van der Waals surface area contributed by atoms with Crippen molar-refractivity contribution >= 4 is 23.5 Å². The molecule has 1 aromatic rings. The van der Waals surface area contributed by atoms with Crippen molar-refractivity contribution in [2.45, 2.75) is 26.7 Å².